The Balaban J connectivity index is 0.00000242. The second-order valence-electron chi connectivity index (χ2n) is 4.51. The number of methoxy groups -OCH3 is 1. The summed E-state index contributed by atoms with van der Waals surface area (Å²) in [6, 6.07) is 3.98. The van der Waals surface area contributed by atoms with E-state index in [1.165, 1.54) is 0 Å². The average molecular weight is 486 g/mol. The van der Waals surface area contributed by atoms with Crippen molar-refractivity contribution in [2.75, 3.05) is 34.1 Å². The second-order valence-corrected chi connectivity index (χ2v) is 5.36. The van der Waals surface area contributed by atoms with E-state index in [2.05, 4.69) is 31.6 Å². The number of nitrogens with one attached hydrogen (secondary N) is 2. The zero-order valence-corrected chi connectivity index (χ0v) is 16.6. The van der Waals surface area contributed by atoms with Gasteiger partial charge in [0.05, 0.1) is 4.47 Å². The highest BCUT2D eigenvalue weighted by molar-refractivity contribution is 14.0. The van der Waals surface area contributed by atoms with Crippen molar-refractivity contribution in [3.8, 4) is 11.5 Å². The minimum absolute atomic E-state index is 0. The van der Waals surface area contributed by atoms with Crippen molar-refractivity contribution in [1.82, 2.24) is 10.6 Å². The first kappa shape index (κ1) is 19.3. The van der Waals surface area contributed by atoms with E-state index in [0.717, 1.165) is 47.1 Å². The number of benzene rings is 1. The molecule has 8 heteroatoms. The third-order valence-electron chi connectivity index (χ3n) is 2.99. The number of halogens is 2. The van der Waals surface area contributed by atoms with Crippen LogP contribution in [-0.2, 0) is 11.3 Å². The molecule has 0 spiro atoms. The third kappa shape index (κ3) is 5.47. The van der Waals surface area contributed by atoms with Crippen LogP contribution in [0.1, 0.15) is 12.0 Å². The molecule has 2 rings (SSSR count). The lowest BCUT2D eigenvalue weighted by Crippen LogP contribution is -2.37. The summed E-state index contributed by atoms with van der Waals surface area (Å²) >= 11 is 3.49. The smallest absolute Gasteiger partial charge is 0.231 e. The topological polar surface area (TPSA) is 64.1 Å². The van der Waals surface area contributed by atoms with E-state index < -0.39 is 0 Å². The number of nitrogens with zero attached hydrogens (tertiary/aromatic N) is 1. The molecule has 0 saturated carbocycles. The van der Waals surface area contributed by atoms with Crippen molar-refractivity contribution in [2.24, 2.45) is 4.99 Å². The van der Waals surface area contributed by atoms with Crippen molar-refractivity contribution in [2.45, 2.75) is 13.0 Å². The molecule has 1 aliphatic heterocycles. The van der Waals surface area contributed by atoms with Gasteiger partial charge in [0.25, 0.3) is 0 Å². The summed E-state index contributed by atoms with van der Waals surface area (Å²) < 4.78 is 16.7. The minimum Gasteiger partial charge on any atom is -0.454 e. The third-order valence-corrected chi connectivity index (χ3v) is 3.58. The fourth-order valence-corrected chi connectivity index (χ4v) is 2.56. The van der Waals surface area contributed by atoms with E-state index in [0.29, 0.717) is 6.54 Å². The SMILES string of the molecule is CN=C(NCCCOC)NCc1cc(Br)c2c(c1)OCO2.I. The van der Waals surface area contributed by atoms with Gasteiger partial charge in [0.15, 0.2) is 17.5 Å². The van der Waals surface area contributed by atoms with Crippen LogP contribution in [0, 0.1) is 0 Å². The molecule has 1 aromatic carbocycles. The van der Waals surface area contributed by atoms with Gasteiger partial charge in [0.1, 0.15) is 0 Å². The lowest BCUT2D eigenvalue weighted by Gasteiger charge is -2.12. The Labute approximate surface area is 156 Å². The Morgan fingerprint density at radius 3 is 2.91 bits per heavy atom. The largest absolute Gasteiger partial charge is 0.454 e. The predicted octanol–water partition coefficient (Wildman–Crippen LogP) is 2.50. The highest BCUT2D eigenvalue weighted by Gasteiger charge is 2.17. The second kappa shape index (κ2) is 10.1. The summed E-state index contributed by atoms with van der Waals surface area (Å²) in [4.78, 5) is 4.18. The fraction of sp³-hybridized carbons (Fsp3) is 0.500. The van der Waals surface area contributed by atoms with Gasteiger partial charge in [0, 0.05) is 33.9 Å². The van der Waals surface area contributed by atoms with E-state index >= 15 is 0 Å². The van der Waals surface area contributed by atoms with Crippen LogP contribution < -0.4 is 20.1 Å². The van der Waals surface area contributed by atoms with Crippen molar-refractivity contribution in [3.05, 3.63) is 22.2 Å². The summed E-state index contributed by atoms with van der Waals surface area (Å²) in [5.41, 5.74) is 1.09. The van der Waals surface area contributed by atoms with Gasteiger partial charge >= 0.3 is 0 Å². The first-order valence-electron chi connectivity index (χ1n) is 6.76. The van der Waals surface area contributed by atoms with Crippen LogP contribution in [0.4, 0.5) is 0 Å². The van der Waals surface area contributed by atoms with Crippen LogP contribution in [0.5, 0.6) is 11.5 Å². The molecule has 0 aromatic heterocycles. The Hall–Kier alpha value is -0.740. The molecule has 124 valence electrons. The zero-order chi connectivity index (χ0) is 15.1. The molecule has 0 unspecified atom stereocenters. The van der Waals surface area contributed by atoms with Crippen LogP contribution in [0.15, 0.2) is 21.6 Å². The Morgan fingerprint density at radius 1 is 1.36 bits per heavy atom. The molecular formula is C14H21BrIN3O3. The van der Waals surface area contributed by atoms with Crippen LogP contribution in [0.3, 0.4) is 0 Å². The molecule has 0 amide bonds. The number of hydrogen-bond donors (Lipinski definition) is 2. The van der Waals surface area contributed by atoms with Gasteiger partial charge in [-0.3, -0.25) is 4.99 Å². The fourth-order valence-electron chi connectivity index (χ4n) is 1.95. The van der Waals surface area contributed by atoms with Gasteiger partial charge < -0.3 is 24.8 Å². The summed E-state index contributed by atoms with van der Waals surface area (Å²) in [5, 5.41) is 6.49. The van der Waals surface area contributed by atoms with Gasteiger partial charge in [-0.05, 0) is 40.0 Å². The number of hydrogen-bond acceptors (Lipinski definition) is 4. The molecule has 0 fully saturated rings. The average Bonchev–Trinajstić information content (AvgIpc) is 2.95. The number of fused-ring (bicyclic) bond motifs is 1. The molecular weight excluding hydrogens is 465 g/mol. The van der Waals surface area contributed by atoms with E-state index in [1.807, 2.05) is 12.1 Å². The molecule has 1 aliphatic rings. The van der Waals surface area contributed by atoms with E-state index in [1.54, 1.807) is 14.2 Å². The monoisotopic (exact) mass is 485 g/mol. The Bertz CT molecular complexity index is 514. The molecule has 6 nitrogen and oxygen atoms in total. The van der Waals surface area contributed by atoms with Gasteiger partial charge in [-0.25, -0.2) is 0 Å². The van der Waals surface area contributed by atoms with Crippen molar-refractivity contribution < 1.29 is 14.2 Å². The molecule has 0 atom stereocenters. The van der Waals surface area contributed by atoms with Crippen LogP contribution >= 0.6 is 39.9 Å². The van der Waals surface area contributed by atoms with Crippen LogP contribution in [-0.4, -0.2) is 40.1 Å². The Kier molecular flexibility index (Phi) is 8.88. The molecule has 1 heterocycles. The number of ether oxygens (including phenoxy) is 3. The van der Waals surface area contributed by atoms with Crippen molar-refractivity contribution in [3.63, 3.8) is 0 Å². The highest BCUT2D eigenvalue weighted by Crippen LogP contribution is 2.39. The standard InChI is InChI=1S/C14H20BrN3O3.HI/c1-16-14(17-4-3-5-19-2)18-8-10-6-11(15)13-12(7-10)20-9-21-13;/h6-7H,3-5,8-9H2,1-2H3,(H2,16,17,18);1H. The quantitative estimate of drug-likeness (QED) is 0.280. The summed E-state index contributed by atoms with van der Waals surface area (Å²) in [7, 11) is 3.45. The van der Waals surface area contributed by atoms with Gasteiger partial charge in [-0.15, -0.1) is 24.0 Å². The first-order valence-corrected chi connectivity index (χ1v) is 7.55. The maximum Gasteiger partial charge on any atom is 0.231 e. The first-order chi connectivity index (χ1) is 10.2. The molecule has 2 N–H and O–H groups in total. The number of rotatable bonds is 6. The van der Waals surface area contributed by atoms with Gasteiger partial charge in [-0.2, -0.15) is 0 Å². The lowest BCUT2D eigenvalue weighted by atomic mass is 10.2. The minimum atomic E-state index is 0. The molecule has 1 aromatic rings. The normalized spacial score (nSPS) is 12.8. The summed E-state index contributed by atoms with van der Waals surface area (Å²) in [6.45, 7) is 2.48. The number of aliphatic imine (C=N–C) groups is 1. The van der Waals surface area contributed by atoms with Crippen molar-refractivity contribution in [1.29, 1.82) is 0 Å². The van der Waals surface area contributed by atoms with Gasteiger partial charge in [-0.1, -0.05) is 0 Å². The summed E-state index contributed by atoms with van der Waals surface area (Å²) in [5.74, 6) is 2.30. The molecule has 0 bridgehead atoms. The maximum absolute atomic E-state index is 5.41. The molecule has 0 aliphatic carbocycles. The predicted molar refractivity (Wildman–Crippen MR) is 100 cm³/mol. The molecule has 22 heavy (non-hydrogen) atoms. The van der Waals surface area contributed by atoms with Crippen LogP contribution in [0.25, 0.3) is 0 Å². The van der Waals surface area contributed by atoms with Crippen molar-refractivity contribution >= 4 is 45.9 Å². The van der Waals surface area contributed by atoms with E-state index in [9.17, 15) is 0 Å². The number of guanidine groups is 1. The molecule has 0 saturated heterocycles. The van der Waals surface area contributed by atoms with Gasteiger partial charge in [0.2, 0.25) is 6.79 Å². The van der Waals surface area contributed by atoms with E-state index in [4.69, 9.17) is 14.2 Å². The van der Waals surface area contributed by atoms with Crippen LogP contribution in [0.2, 0.25) is 0 Å². The van der Waals surface area contributed by atoms with E-state index in [-0.39, 0.29) is 30.8 Å². The summed E-state index contributed by atoms with van der Waals surface area (Å²) in [6.07, 6.45) is 0.937. The zero-order valence-electron chi connectivity index (χ0n) is 12.6. The highest BCUT2D eigenvalue weighted by atomic mass is 127. The maximum atomic E-state index is 5.41. The Morgan fingerprint density at radius 2 is 2.18 bits per heavy atom. The lowest BCUT2D eigenvalue weighted by molar-refractivity contribution is 0.173. The molecule has 0 radical (unpaired) electrons.